The summed E-state index contributed by atoms with van der Waals surface area (Å²) in [6.45, 7) is 0. The molecule has 1 N–H and O–H groups in total. The lowest BCUT2D eigenvalue weighted by molar-refractivity contribution is -0.0342. The number of methoxy groups -OCH3 is 1. The standard InChI is InChI=1S/C23H20N2O2/c1-26-21-14-8-13-18-20-15-19(16-9-4-2-5-10-16)24-25(20)23(27-22(18)21)17-11-6-3-7-12-17/h2-15,20,23-24H,1H3/t20-,23-/m0/s1. The molecule has 4 nitrogen and oxygen atoms in total. The first-order valence-corrected chi connectivity index (χ1v) is 9.06. The molecule has 0 spiro atoms. The highest BCUT2D eigenvalue weighted by molar-refractivity contribution is 5.68. The van der Waals surface area contributed by atoms with Crippen molar-refractivity contribution in [1.29, 1.82) is 0 Å². The van der Waals surface area contributed by atoms with Gasteiger partial charge in [0, 0.05) is 11.1 Å². The predicted molar refractivity (Wildman–Crippen MR) is 105 cm³/mol. The Morgan fingerprint density at radius 2 is 1.63 bits per heavy atom. The Kier molecular flexibility index (Phi) is 3.84. The van der Waals surface area contributed by atoms with Gasteiger partial charge < -0.3 is 14.9 Å². The lowest BCUT2D eigenvalue weighted by Crippen LogP contribution is -2.43. The summed E-state index contributed by atoms with van der Waals surface area (Å²) in [5.74, 6) is 1.57. The summed E-state index contributed by atoms with van der Waals surface area (Å²) in [4.78, 5) is 0. The van der Waals surface area contributed by atoms with E-state index < -0.39 is 0 Å². The van der Waals surface area contributed by atoms with E-state index in [0.717, 1.165) is 33.9 Å². The van der Waals surface area contributed by atoms with Crippen molar-refractivity contribution in [3.63, 3.8) is 0 Å². The van der Waals surface area contributed by atoms with Crippen LogP contribution in [0.15, 0.2) is 84.9 Å². The molecule has 2 aliphatic heterocycles. The van der Waals surface area contributed by atoms with Crippen LogP contribution in [0.2, 0.25) is 0 Å². The van der Waals surface area contributed by atoms with Crippen LogP contribution >= 0.6 is 0 Å². The fourth-order valence-electron chi connectivity index (χ4n) is 3.77. The van der Waals surface area contributed by atoms with Crippen LogP contribution in [0.1, 0.15) is 29.0 Å². The second-order valence-electron chi connectivity index (χ2n) is 6.67. The zero-order chi connectivity index (χ0) is 18.2. The molecule has 0 aliphatic carbocycles. The third-order valence-corrected chi connectivity index (χ3v) is 5.07. The SMILES string of the molecule is COc1cccc2c1O[C@@H](c1ccccc1)N1NC(c3ccccc3)=C[C@@H]21. The number of hydrogen-bond donors (Lipinski definition) is 1. The van der Waals surface area contributed by atoms with E-state index >= 15 is 0 Å². The van der Waals surface area contributed by atoms with E-state index in [4.69, 9.17) is 9.47 Å². The van der Waals surface area contributed by atoms with Crippen molar-refractivity contribution in [3.8, 4) is 11.5 Å². The lowest BCUT2D eigenvalue weighted by Gasteiger charge is -2.39. The zero-order valence-corrected chi connectivity index (χ0v) is 15.0. The Hall–Kier alpha value is -3.24. The molecule has 0 saturated heterocycles. The fraction of sp³-hybridized carbons (Fsp3) is 0.130. The molecule has 2 atom stereocenters. The van der Waals surface area contributed by atoms with Gasteiger partial charge in [-0.2, -0.15) is 5.01 Å². The number of fused-ring (bicyclic) bond motifs is 3. The second kappa shape index (κ2) is 6.49. The predicted octanol–water partition coefficient (Wildman–Crippen LogP) is 4.69. The number of ether oxygens (including phenoxy) is 2. The first-order valence-electron chi connectivity index (χ1n) is 9.06. The molecule has 0 saturated carbocycles. The van der Waals surface area contributed by atoms with E-state index in [1.807, 2.05) is 36.4 Å². The molecule has 0 unspecified atom stereocenters. The van der Waals surface area contributed by atoms with Gasteiger partial charge in [0.25, 0.3) is 0 Å². The van der Waals surface area contributed by atoms with Gasteiger partial charge in [0.1, 0.15) is 0 Å². The average Bonchev–Trinajstić information content (AvgIpc) is 3.20. The van der Waals surface area contributed by atoms with Gasteiger partial charge in [-0.3, -0.25) is 0 Å². The van der Waals surface area contributed by atoms with Gasteiger partial charge in [-0.05, 0) is 17.7 Å². The van der Waals surface area contributed by atoms with Crippen LogP contribution in [0.25, 0.3) is 5.70 Å². The molecule has 0 aromatic heterocycles. The molecule has 3 aromatic rings. The topological polar surface area (TPSA) is 33.7 Å². The van der Waals surface area contributed by atoms with E-state index in [1.54, 1.807) is 7.11 Å². The van der Waals surface area contributed by atoms with E-state index in [2.05, 4.69) is 59.0 Å². The third-order valence-electron chi connectivity index (χ3n) is 5.07. The fourth-order valence-corrected chi connectivity index (χ4v) is 3.77. The quantitative estimate of drug-likeness (QED) is 0.738. The van der Waals surface area contributed by atoms with Gasteiger partial charge in [-0.1, -0.05) is 72.8 Å². The number of hydrazine groups is 1. The number of hydrogen-bond acceptors (Lipinski definition) is 4. The Bertz CT molecular complexity index is 986. The summed E-state index contributed by atoms with van der Waals surface area (Å²) in [7, 11) is 1.68. The third kappa shape index (κ3) is 2.66. The normalized spacial score (nSPS) is 20.7. The van der Waals surface area contributed by atoms with Crippen LogP contribution in [0.5, 0.6) is 11.5 Å². The molecule has 5 rings (SSSR count). The molecule has 4 heteroatoms. The van der Waals surface area contributed by atoms with E-state index in [9.17, 15) is 0 Å². The summed E-state index contributed by atoms with van der Waals surface area (Å²) in [6, 6.07) is 26.7. The summed E-state index contributed by atoms with van der Waals surface area (Å²) in [5, 5.41) is 2.17. The first-order chi connectivity index (χ1) is 13.3. The molecule has 0 bridgehead atoms. The molecule has 0 fully saturated rings. The monoisotopic (exact) mass is 356 g/mol. The average molecular weight is 356 g/mol. The minimum Gasteiger partial charge on any atom is -0.493 e. The number of nitrogens with one attached hydrogen (secondary N) is 1. The van der Waals surface area contributed by atoms with Crippen LogP contribution in [0, 0.1) is 0 Å². The lowest BCUT2D eigenvalue weighted by atomic mass is 10.00. The van der Waals surface area contributed by atoms with Crippen molar-refractivity contribution in [2.24, 2.45) is 0 Å². The van der Waals surface area contributed by atoms with E-state index in [1.165, 1.54) is 0 Å². The van der Waals surface area contributed by atoms with Gasteiger partial charge in [0.2, 0.25) is 0 Å². The number of rotatable bonds is 3. The van der Waals surface area contributed by atoms with E-state index in [0.29, 0.717) is 0 Å². The number of benzene rings is 3. The Morgan fingerprint density at radius 1 is 0.889 bits per heavy atom. The Morgan fingerprint density at radius 3 is 2.37 bits per heavy atom. The van der Waals surface area contributed by atoms with Gasteiger partial charge in [0.05, 0.1) is 18.8 Å². The maximum Gasteiger partial charge on any atom is 0.196 e. The Labute approximate surface area is 158 Å². The van der Waals surface area contributed by atoms with Gasteiger partial charge >= 0.3 is 0 Å². The highest BCUT2D eigenvalue weighted by Gasteiger charge is 2.41. The summed E-state index contributed by atoms with van der Waals surface area (Å²) >= 11 is 0. The Balaban J connectivity index is 1.63. The molecular weight excluding hydrogens is 336 g/mol. The van der Waals surface area contributed by atoms with Crippen LogP contribution in [-0.2, 0) is 0 Å². The molecule has 3 aromatic carbocycles. The van der Waals surface area contributed by atoms with Crippen molar-refractivity contribution in [2.75, 3.05) is 7.11 Å². The summed E-state index contributed by atoms with van der Waals surface area (Å²) < 4.78 is 12.0. The van der Waals surface area contributed by atoms with Crippen molar-refractivity contribution >= 4 is 5.70 Å². The molecule has 27 heavy (non-hydrogen) atoms. The van der Waals surface area contributed by atoms with Gasteiger partial charge in [0.15, 0.2) is 17.7 Å². The molecule has 134 valence electrons. The summed E-state index contributed by atoms with van der Waals surface area (Å²) in [5.41, 5.74) is 7.99. The van der Waals surface area contributed by atoms with Crippen LogP contribution in [-0.4, -0.2) is 12.1 Å². The van der Waals surface area contributed by atoms with Crippen LogP contribution in [0.4, 0.5) is 0 Å². The van der Waals surface area contributed by atoms with Gasteiger partial charge in [-0.25, -0.2) is 0 Å². The minimum absolute atomic E-state index is 0.0595. The summed E-state index contributed by atoms with van der Waals surface area (Å²) in [6.07, 6.45) is 2.00. The molecule has 2 heterocycles. The maximum atomic E-state index is 6.44. The van der Waals surface area contributed by atoms with Crippen molar-refractivity contribution < 1.29 is 9.47 Å². The van der Waals surface area contributed by atoms with Crippen LogP contribution < -0.4 is 14.9 Å². The zero-order valence-electron chi connectivity index (χ0n) is 15.0. The number of nitrogens with zero attached hydrogens (tertiary/aromatic N) is 1. The number of para-hydroxylation sites is 1. The van der Waals surface area contributed by atoms with Crippen molar-refractivity contribution in [2.45, 2.75) is 12.3 Å². The maximum absolute atomic E-state index is 6.44. The van der Waals surface area contributed by atoms with Crippen LogP contribution in [0.3, 0.4) is 0 Å². The molecule has 2 aliphatic rings. The van der Waals surface area contributed by atoms with E-state index in [-0.39, 0.29) is 12.3 Å². The highest BCUT2D eigenvalue weighted by atomic mass is 16.5. The smallest absolute Gasteiger partial charge is 0.196 e. The molecule has 0 amide bonds. The largest absolute Gasteiger partial charge is 0.493 e. The van der Waals surface area contributed by atoms with Crippen molar-refractivity contribution in [3.05, 3.63) is 102 Å². The minimum atomic E-state index is -0.252. The van der Waals surface area contributed by atoms with Gasteiger partial charge in [-0.15, -0.1) is 0 Å². The second-order valence-corrected chi connectivity index (χ2v) is 6.67. The first kappa shape index (κ1) is 16.0. The highest BCUT2D eigenvalue weighted by Crippen LogP contribution is 2.49. The van der Waals surface area contributed by atoms with Crippen molar-refractivity contribution in [1.82, 2.24) is 10.4 Å². The molecular formula is C23H20N2O2. The molecule has 0 radical (unpaired) electrons.